The number of thioether (sulfide) groups is 1. The molecule has 3 heterocycles. The topological polar surface area (TPSA) is 68.2 Å². The fourth-order valence-electron chi connectivity index (χ4n) is 4.60. The van der Waals surface area contributed by atoms with E-state index in [2.05, 4.69) is 49.6 Å². The van der Waals surface area contributed by atoms with E-state index in [-0.39, 0.29) is 0 Å². The van der Waals surface area contributed by atoms with Crippen LogP contribution in [0.15, 0.2) is 59.5 Å². The van der Waals surface area contributed by atoms with Crippen LogP contribution in [-0.4, -0.2) is 46.9 Å². The van der Waals surface area contributed by atoms with Gasteiger partial charge in [-0.25, -0.2) is 0 Å². The molecule has 5 nitrogen and oxygen atoms in total. The average Bonchev–Trinajstić information content (AvgIpc) is 3.49. The number of thiophene rings is 1. The summed E-state index contributed by atoms with van der Waals surface area (Å²) in [4.78, 5) is 3.76. The minimum absolute atomic E-state index is 0.603. The van der Waals surface area contributed by atoms with Crippen molar-refractivity contribution in [2.45, 2.75) is 68.6 Å². The van der Waals surface area contributed by atoms with Crippen LogP contribution in [0.2, 0.25) is 0 Å². The number of aliphatic hydroxyl groups excluding tert-OH is 2. The lowest BCUT2D eigenvalue weighted by Crippen LogP contribution is -2.37. The fraction of sp³-hybridized carbons (Fsp3) is 0.407. The molecule has 2 aliphatic rings. The van der Waals surface area contributed by atoms with Crippen molar-refractivity contribution < 1.29 is 24.4 Å². The quantitative estimate of drug-likeness (QED) is 0.449. The summed E-state index contributed by atoms with van der Waals surface area (Å²) in [6.07, 6.45) is -1.18. The third-order valence-corrected chi connectivity index (χ3v) is 8.36. The second kappa shape index (κ2) is 9.39. The van der Waals surface area contributed by atoms with Crippen LogP contribution < -0.4 is 0 Å². The number of hydrogen-bond acceptors (Lipinski definition) is 7. The van der Waals surface area contributed by atoms with Gasteiger partial charge < -0.3 is 24.4 Å². The SMILES string of the molecule is CSc1ccc(-c2ccc(Cc3cc(C(O)[C@@H]4O[C@H]5OC(C)(C)O[C@H]5[C@@H]4O)ccc3C)s2)cc1. The summed E-state index contributed by atoms with van der Waals surface area (Å²) in [7, 11) is 0. The van der Waals surface area contributed by atoms with Gasteiger partial charge in [-0.2, -0.15) is 0 Å². The van der Waals surface area contributed by atoms with Crippen molar-refractivity contribution >= 4 is 23.1 Å². The van der Waals surface area contributed by atoms with Gasteiger partial charge in [0.25, 0.3) is 0 Å². The summed E-state index contributed by atoms with van der Waals surface area (Å²) in [6, 6.07) is 18.9. The Balaban J connectivity index is 1.31. The Morgan fingerprint density at radius 3 is 2.53 bits per heavy atom. The van der Waals surface area contributed by atoms with E-state index in [4.69, 9.17) is 14.2 Å². The molecule has 0 spiro atoms. The number of aliphatic hydroxyl groups is 2. The van der Waals surface area contributed by atoms with Gasteiger partial charge in [0.05, 0.1) is 0 Å². The first-order chi connectivity index (χ1) is 16.2. The third-order valence-electron chi connectivity index (χ3n) is 6.48. The molecule has 1 aromatic heterocycles. The number of fused-ring (bicyclic) bond motifs is 1. The molecule has 2 aliphatic heterocycles. The van der Waals surface area contributed by atoms with Crippen LogP contribution in [0.4, 0.5) is 0 Å². The van der Waals surface area contributed by atoms with Crippen molar-refractivity contribution in [3.05, 3.63) is 76.2 Å². The Labute approximate surface area is 208 Å². The molecule has 0 bridgehead atoms. The number of rotatable bonds is 6. The maximum atomic E-state index is 11.1. The van der Waals surface area contributed by atoms with Gasteiger partial charge in [0.1, 0.15) is 24.4 Å². The summed E-state index contributed by atoms with van der Waals surface area (Å²) >= 11 is 3.53. The van der Waals surface area contributed by atoms with Crippen LogP contribution in [0.3, 0.4) is 0 Å². The van der Waals surface area contributed by atoms with E-state index in [1.165, 1.54) is 20.2 Å². The van der Waals surface area contributed by atoms with Gasteiger partial charge in [0.15, 0.2) is 12.1 Å². The molecular formula is C27H30O5S2. The first kappa shape index (κ1) is 24.0. The maximum absolute atomic E-state index is 11.1. The first-order valence-corrected chi connectivity index (χ1v) is 13.5. The number of benzene rings is 2. The van der Waals surface area contributed by atoms with E-state index in [9.17, 15) is 10.2 Å². The standard InChI is InChI=1S/C27H30O5S2/c1-15-5-6-17(22(28)24-23(29)25-26(30-24)32-27(2,3)31-25)13-18(15)14-20-11-12-21(34-20)16-7-9-19(33-4)10-8-16/h5-13,22-26,28-29H,14H2,1-4H3/t22?,23-,24+,25+,26+/m1/s1. The summed E-state index contributed by atoms with van der Waals surface area (Å²) in [6.45, 7) is 5.65. The highest BCUT2D eigenvalue weighted by atomic mass is 32.2. The molecule has 5 rings (SSSR count). The van der Waals surface area contributed by atoms with Gasteiger partial charge in [-0.3, -0.25) is 0 Å². The Bertz CT molecular complexity index is 1160. The van der Waals surface area contributed by atoms with Crippen LogP contribution in [0, 0.1) is 6.92 Å². The summed E-state index contributed by atoms with van der Waals surface area (Å²) < 4.78 is 17.3. The average molecular weight is 499 g/mol. The van der Waals surface area contributed by atoms with Crippen molar-refractivity contribution in [3.8, 4) is 10.4 Å². The van der Waals surface area contributed by atoms with Crippen molar-refractivity contribution in [1.82, 2.24) is 0 Å². The van der Waals surface area contributed by atoms with Gasteiger partial charge in [-0.1, -0.05) is 30.3 Å². The van der Waals surface area contributed by atoms with Gasteiger partial charge in [-0.15, -0.1) is 23.1 Å². The lowest BCUT2D eigenvalue weighted by atomic mass is 9.94. The van der Waals surface area contributed by atoms with Crippen molar-refractivity contribution in [3.63, 3.8) is 0 Å². The summed E-state index contributed by atoms with van der Waals surface area (Å²) in [5.74, 6) is -0.806. The largest absolute Gasteiger partial charge is 0.387 e. The van der Waals surface area contributed by atoms with Gasteiger partial charge >= 0.3 is 0 Å². The Morgan fingerprint density at radius 1 is 1.06 bits per heavy atom. The predicted molar refractivity (Wildman–Crippen MR) is 135 cm³/mol. The molecule has 7 heteroatoms. The molecule has 2 N–H and O–H groups in total. The molecular weight excluding hydrogens is 468 g/mol. The number of aryl methyl sites for hydroxylation is 1. The monoisotopic (exact) mass is 498 g/mol. The molecule has 1 unspecified atom stereocenters. The lowest BCUT2D eigenvalue weighted by molar-refractivity contribution is -0.226. The Kier molecular flexibility index (Phi) is 6.63. The van der Waals surface area contributed by atoms with Crippen molar-refractivity contribution in [1.29, 1.82) is 0 Å². The third kappa shape index (κ3) is 4.71. The predicted octanol–water partition coefficient (Wildman–Crippen LogP) is 5.31. The van der Waals surface area contributed by atoms with E-state index in [1.807, 2.05) is 18.2 Å². The molecule has 0 amide bonds. The second-order valence-corrected chi connectivity index (χ2v) is 11.4. The van der Waals surface area contributed by atoms with E-state index in [1.54, 1.807) is 36.9 Å². The van der Waals surface area contributed by atoms with Crippen LogP contribution in [0.1, 0.15) is 41.5 Å². The molecule has 180 valence electrons. The molecule has 2 saturated heterocycles. The zero-order valence-electron chi connectivity index (χ0n) is 19.7. The van der Waals surface area contributed by atoms with Crippen LogP contribution >= 0.6 is 23.1 Å². The minimum Gasteiger partial charge on any atom is -0.387 e. The Morgan fingerprint density at radius 2 is 1.82 bits per heavy atom. The molecule has 0 aliphatic carbocycles. The summed E-state index contributed by atoms with van der Waals surface area (Å²) in [5.41, 5.74) is 4.24. The zero-order chi connectivity index (χ0) is 24.0. The molecule has 3 aromatic rings. The zero-order valence-corrected chi connectivity index (χ0v) is 21.4. The minimum atomic E-state index is -0.982. The maximum Gasteiger partial charge on any atom is 0.190 e. The molecule has 0 radical (unpaired) electrons. The highest BCUT2D eigenvalue weighted by Crippen LogP contribution is 2.41. The normalized spacial score (nSPS) is 26.5. The van der Waals surface area contributed by atoms with E-state index in [0.29, 0.717) is 5.56 Å². The fourth-order valence-corrected chi connectivity index (χ4v) is 6.05. The lowest BCUT2D eigenvalue weighted by Gasteiger charge is -2.26. The highest BCUT2D eigenvalue weighted by Gasteiger charge is 2.56. The summed E-state index contributed by atoms with van der Waals surface area (Å²) in [5, 5.41) is 21.8. The molecule has 5 atom stereocenters. The highest BCUT2D eigenvalue weighted by molar-refractivity contribution is 7.98. The Hall–Kier alpha value is -1.71. The van der Waals surface area contributed by atoms with Crippen molar-refractivity contribution in [2.24, 2.45) is 0 Å². The van der Waals surface area contributed by atoms with Gasteiger partial charge in [-0.05, 0) is 73.5 Å². The van der Waals surface area contributed by atoms with E-state index >= 15 is 0 Å². The second-order valence-electron chi connectivity index (χ2n) is 9.36. The molecule has 0 saturated carbocycles. The van der Waals surface area contributed by atoms with Crippen LogP contribution in [0.25, 0.3) is 10.4 Å². The number of hydrogen-bond donors (Lipinski definition) is 2. The van der Waals surface area contributed by atoms with Gasteiger partial charge in [0, 0.05) is 21.1 Å². The van der Waals surface area contributed by atoms with Crippen LogP contribution in [0.5, 0.6) is 0 Å². The first-order valence-electron chi connectivity index (χ1n) is 11.4. The number of ether oxygens (including phenoxy) is 3. The molecule has 2 fully saturated rings. The van der Waals surface area contributed by atoms with E-state index in [0.717, 1.165) is 17.5 Å². The molecule has 2 aromatic carbocycles. The van der Waals surface area contributed by atoms with E-state index < -0.39 is 36.5 Å². The van der Waals surface area contributed by atoms with Crippen molar-refractivity contribution in [2.75, 3.05) is 6.26 Å². The molecule has 34 heavy (non-hydrogen) atoms. The smallest absolute Gasteiger partial charge is 0.190 e. The van der Waals surface area contributed by atoms with Gasteiger partial charge in [0.2, 0.25) is 0 Å². The van der Waals surface area contributed by atoms with Crippen LogP contribution in [-0.2, 0) is 20.6 Å².